The first-order valence-corrected chi connectivity index (χ1v) is 8.31. The average molecular weight is 318 g/mol. The van der Waals surface area contributed by atoms with Gasteiger partial charge in [0.15, 0.2) is 0 Å². The Morgan fingerprint density at radius 2 is 2.00 bits per heavy atom. The van der Waals surface area contributed by atoms with Crippen LogP contribution in [-0.4, -0.2) is 22.1 Å². The van der Waals surface area contributed by atoms with Crippen LogP contribution in [0.4, 0.5) is 0 Å². The van der Waals surface area contributed by atoms with Crippen LogP contribution in [0.5, 0.6) is 0 Å². The van der Waals surface area contributed by atoms with E-state index >= 15 is 0 Å². The second-order valence-electron chi connectivity index (χ2n) is 5.91. The van der Waals surface area contributed by atoms with Gasteiger partial charge in [0.05, 0.1) is 5.69 Å². The lowest BCUT2D eigenvalue weighted by Crippen LogP contribution is -2.37. The highest BCUT2D eigenvalue weighted by molar-refractivity contribution is 7.13. The molecule has 0 aliphatic rings. The van der Waals surface area contributed by atoms with Crippen molar-refractivity contribution in [3.63, 3.8) is 0 Å². The zero-order valence-electron chi connectivity index (χ0n) is 13.2. The summed E-state index contributed by atoms with van der Waals surface area (Å²) >= 11 is 1.58. The zero-order chi connectivity index (χ0) is 16.1. The Morgan fingerprint density at radius 3 is 2.59 bits per heavy atom. The monoisotopic (exact) mass is 318 g/mol. The van der Waals surface area contributed by atoms with Crippen LogP contribution in [0.15, 0.2) is 29.6 Å². The molecular formula is C17H22N2O2S. The molecule has 1 atom stereocenters. The number of carboxylic acid groups (broad SMARTS) is 1. The summed E-state index contributed by atoms with van der Waals surface area (Å²) in [5.74, 6) is -0.463. The molecule has 22 heavy (non-hydrogen) atoms. The van der Waals surface area contributed by atoms with Gasteiger partial charge in [-0.1, -0.05) is 43.7 Å². The van der Waals surface area contributed by atoms with Gasteiger partial charge in [-0.2, -0.15) is 0 Å². The van der Waals surface area contributed by atoms with Crippen molar-refractivity contribution in [3.8, 4) is 10.6 Å². The third-order valence-corrected chi connectivity index (χ3v) is 4.33. The highest BCUT2D eigenvalue weighted by Crippen LogP contribution is 2.24. The summed E-state index contributed by atoms with van der Waals surface area (Å²) in [4.78, 5) is 15.8. The van der Waals surface area contributed by atoms with Crippen LogP contribution in [0, 0.1) is 12.8 Å². The van der Waals surface area contributed by atoms with E-state index in [4.69, 9.17) is 0 Å². The maximum absolute atomic E-state index is 11.2. The van der Waals surface area contributed by atoms with Crippen LogP contribution < -0.4 is 5.32 Å². The van der Waals surface area contributed by atoms with E-state index < -0.39 is 12.0 Å². The Bertz CT molecular complexity index is 620. The lowest BCUT2D eigenvalue weighted by Gasteiger charge is -2.15. The highest BCUT2D eigenvalue weighted by atomic mass is 32.1. The number of nitrogens with one attached hydrogen (secondary N) is 1. The highest BCUT2D eigenvalue weighted by Gasteiger charge is 2.18. The molecule has 0 amide bonds. The molecule has 2 N–H and O–H groups in total. The Kier molecular flexibility index (Phi) is 5.69. The maximum Gasteiger partial charge on any atom is 0.320 e. The quantitative estimate of drug-likeness (QED) is 0.817. The standard InChI is InChI=1S/C17H22N2O2S/c1-11(2)8-15(17(20)21)18-9-14-10-22-16(19-14)13-6-4-12(3)5-7-13/h4-7,10-11,15,18H,8-9H2,1-3H3,(H,20,21)/t15-/m0/s1. The molecule has 1 heterocycles. The number of benzene rings is 1. The molecule has 2 rings (SSSR count). The molecule has 0 radical (unpaired) electrons. The maximum atomic E-state index is 11.2. The molecule has 0 spiro atoms. The SMILES string of the molecule is Cc1ccc(-c2nc(CN[C@@H](CC(C)C)C(=O)O)cs2)cc1. The Morgan fingerprint density at radius 1 is 1.32 bits per heavy atom. The van der Waals surface area contributed by atoms with Gasteiger partial charge >= 0.3 is 5.97 Å². The molecule has 118 valence electrons. The minimum absolute atomic E-state index is 0.340. The average Bonchev–Trinajstić information content (AvgIpc) is 2.92. The van der Waals surface area contributed by atoms with Crippen LogP contribution in [0.3, 0.4) is 0 Å². The molecule has 0 saturated heterocycles. The molecule has 0 aliphatic heterocycles. The summed E-state index contributed by atoms with van der Waals surface area (Å²) in [6.07, 6.45) is 0.615. The van der Waals surface area contributed by atoms with Gasteiger partial charge in [0.1, 0.15) is 11.0 Å². The summed E-state index contributed by atoms with van der Waals surface area (Å²) in [5, 5.41) is 15.3. The number of hydrogen-bond donors (Lipinski definition) is 2. The topological polar surface area (TPSA) is 62.2 Å². The van der Waals surface area contributed by atoms with Gasteiger partial charge in [0.2, 0.25) is 0 Å². The second-order valence-corrected chi connectivity index (χ2v) is 6.77. The van der Waals surface area contributed by atoms with Crippen molar-refractivity contribution >= 4 is 17.3 Å². The lowest BCUT2D eigenvalue weighted by atomic mass is 10.0. The largest absolute Gasteiger partial charge is 0.480 e. The fourth-order valence-electron chi connectivity index (χ4n) is 2.19. The number of aryl methyl sites for hydroxylation is 1. The Labute approximate surface area is 135 Å². The van der Waals surface area contributed by atoms with Gasteiger partial charge in [-0.3, -0.25) is 10.1 Å². The number of hydrogen-bond acceptors (Lipinski definition) is 4. The fourth-order valence-corrected chi connectivity index (χ4v) is 3.01. The predicted molar refractivity (Wildman–Crippen MR) is 90.0 cm³/mol. The molecule has 0 bridgehead atoms. The molecule has 0 fully saturated rings. The number of aliphatic carboxylic acids is 1. The van der Waals surface area contributed by atoms with Crippen molar-refractivity contribution in [2.45, 2.75) is 39.8 Å². The number of nitrogens with zero attached hydrogens (tertiary/aromatic N) is 1. The van der Waals surface area contributed by atoms with Crippen LogP contribution >= 0.6 is 11.3 Å². The molecule has 0 unspecified atom stereocenters. The molecule has 0 saturated carbocycles. The molecule has 1 aromatic heterocycles. The van der Waals surface area contributed by atoms with E-state index in [0.717, 1.165) is 16.3 Å². The minimum atomic E-state index is -0.803. The van der Waals surface area contributed by atoms with E-state index in [1.54, 1.807) is 11.3 Å². The summed E-state index contributed by atoms with van der Waals surface area (Å²) in [5.41, 5.74) is 3.20. The number of rotatable bonds is 7. The van der Waals surface area contributed by atoms with Gasteiger partial charge in [-0.15, -0.1) is 11.3 Å². The van der Waals surface area contributed by atoms with Gasteiger partial charge in [-0.25, -0.2) is 4.98 Å². The van der Waals surface area contributed by atoms with E-state index in [-0.39, 0.29) is 0 Å². The van der Waals surface area contributed by atoms with E-state index in [9.17, 15) is 9.90 Å². The number of carboxylic acids is 1. The van der Waals surface area contributed by atoms with Gasteiger partial charge < -0.3 is 5.11 Å². The Balaban J connectivity index is 1.99. The third kappa shape index (κ3) is 4.64. The van der Waals surface area contributed by atoms with E-state index in [2.05, 4.69) is 41.5 Å². The number of aromatic nitrogens is 1. The summed E-state index contributed by atoms with van der Waals surface area (Å²) in [6, 6.07) is 7.73. The molecular weight excluding hydrogens is 296 g/mol. The number of carbonyl (C=O) groups is 1. The zero-order valence-corrected chi connectivity index (χ0v) is 14.0. The van der Waals surface area contributed by atoms with Crippen molar-refractivity contribution in [1.29, 1.82) is 0 Å². The second kappa shape index (κ2) is 7.51. The smallest absolute Gasteiger partial charge is 0.320 e. The third-order valence-electron chi connectivity index (χ3n) is 3.39. The van der Waals surface area contributed by atoms with E-state index in [0.29, 0.717) is 18.9 Å². The van der Waals surface area contributed by atoms with Crippen LogP contribution in [0.25, 0.3) is 10.6 Å². The summed E-state index contributed by atoms with van der Waals surface area (Å²) in [7, 11) is 0. The van der Waals surface area contributed by atoms with Crippen molar-refractivity contribution in [3.05, 3.63) is 40.9 Å². The normalized spacial score (nSPS) is 12.5. The first-order chi connectivity index (χ1) is 10.5. The van der Waals surface area contributed by atoms with E-state index in [1.165, 1.54) is 5.56 Å². The lowest BCUT2D eigenvalue weighted by molar-refractivity contribution is -0.140. The molecule has 1 aromatic carbocycles. The molecule has 2 aromatic rings. The van der Waals surface area contributed by atoms with Crippen molar-refractivity contribution < 1.29 is 9.90 Å². The minimum Gasteiger partial charge on any atom is -0.480 e. The van der Waals surface area contributed by atoms with Gasteiger partial charge in [0, 0.05) is 17.5 Å². The first-order valence-electron chi connectivity index (χ1n) is 7.43. The van der Waals surface area contributed by atoms with Crippen LogP contribution in [0.1, 0.15) is 31.5 Å². The summed E-state index contributed by atoms with van der Waals surface area (Å²) in [6.45, 7) is 6.58. The van der Waals surface area contributed by atoms with Gasteiger partial charge in [-0.05, 0) is 19.3 Å². The van der Waals surface area contributed by atoms with Crippen molar-refractivity contribution in [2.75, 3.05) is 0 Å². The van der Waals surface area contributed by atoms with Crippen LogP contribution in [-0.2, 0) is 11.3 Å². The Hall–Kier alpha value is -1.72. The number of thiazole rings is 1. The first kappa shape index (κ1) is 16.6. The van der Waals surface area contributed by atoms with E-state index in [1.807, 2.05) is 19.2 Å². The summed E-state index contributed by atoms with van der Waals surface area (Å²) < 4.78 is 0. The molecule has 5 heteroatoms. The van der Waals surface area contributed by atoms with Gasteiger partial charge in [0.25, 0.3) is 0 Å². The fraction of sp³-hybridized carbons (Fsp3) is 0.412. The van der Waals surface area contributed by atoms with Crippen molar-refractivity contribution in [2.24, 2.45) is 5.92 Å². The van der Waals surface area contributed by atoms with Crippen molar-refractivity contribution in [1.82, 2.24) is 10.3 Å². The molecule has 0 aliphatic carbocycles. The van der Waals surface area contributed by atoms with Crippen LogP contribution in [0.2, 0.25) is 0 Å². The predicted octanol–water partition coefficient (Wildman–Crippen LogP) is 3.71. The molecule has 4 nitrogen and oxygen atoms in total.